The number of Topliss-reactive ketones (excluding diaryl/α,β-unsaturated/α-hetero) is 3. The highest BCUT2D eigenvalue weighted by Gasteiger charge is 2.52. The van der Waals surface area contributed by atoms with Crippen molar-refractivity contribution in [1.82, 2.24) is 10.2 Å². The van der Waals surface area contributed by atoms with Crippen LogP contribution < -0.4 is 11.1 Å². The number of hydrogen-bond donors (Lipinski definition) is 3. The van der Waals surface area contributed by atoms with E-state index in [1.54, 1.807) is 32.2 Å². The number of rotatable bonds is 19. The molecule has 0 spiro atoms. The highest BCUT2D eigenvalue weighted by atomic mass is 16.5. The van der Waals surface area contributed by atoms with E-state index in [0.29, 0.717) is 17.5 Å². The Balaban J connectivity index is 2.45. The maximum atomic E-state index is 14.5. The smallest absolute Gasteiger partial charge is 0.320 e. The van der Waals surface area contributed by atoms with Crippen molar-refractivity contribution in [3.63, 3.8) is 0 Å². The van der Waals surface area contributed by atoms with Gasteiger partial charge in [-0.05, 0) is 70.2 Å². The molecule has 8 atom stereocenters. The fraction of sp³-hybridized carbons (Fsp3) is 0.714. The van der Waals surface area contributed by atoms with Crippen LogP contribution in [0.2, 0.25) is 0 Å². The lowest BCUT2D eigenvalue weighted by Gasteiger charge is -2.40. The van der Waals surface area contributed by atoms with Crippen LogP contribution in [0.1, 0.15) is 71.9 Å². The van der Waals surface area contributed by atoms with Gasteiger partial charge in [0.1, 0.15) is 12.0 Å². The second-order valence-corrected chi connectivity index (χ2v) is 14.0. The number of methoxy groups -OCH3 is 2. The van der Waals surface area contributed by atoms with E-state index in [0.717, 1.165) is 6.42 Å². The number of ketones is 3. The summed E-state index contributed by atoms with van der Waals surface area (Å²) in [6.45, 7) is 12.2. The summed E-state index contributed by atoms with van der Waals surface area (Å²) in [4.78, 5) is 56.2. The lowest BCUT2D eigenvalue weighted by atomic mass is 9.70. The summed E-state index contributed by atoms with van der Waals surface area (Å²) in [5.41, 5.74) is 5.08. The first kappa shape index (κ1) is 38.7. The Bertz CT molecular complexity index is 1180. The standard InChI is InChI=1S/C35H57N3O7/c1-11-22(4)18-35(6,45-10)28(31(40)29(21(2)3)38(7)8)30(39)24-17-27(37-19-24)32(41)34(5,20-44-9)25-14-12-13-23(15-25)16-26(36)33(42)43/h12-15,21-22,24,26-29,37H,11,16-20,36H2,1-10H3,(H,42,43)/t22-,24-,26-,27-,28-,29-,34-,35+/m0/s1. The van der Waals surface area contributed by atoms with Crippen molar-refractivity contribution in [2.45, 2.75) is 96.4 Å². The number of ether oxygens (including phenoxy) is 2. The van der Waals surface area contributed by atoms with E-state index in [9.17, 15) is 24.3 Å². The van der Waals surface area contributed by atoms with Crippen LogP contribution in [0.15, 0.2) is 24.3 Å². The van der Waals surface area contributed by atoms with Crippen LogP contribution in [-0.2, 0) is 40.5 Å². The molecule has 1 fully saturated rings. The number of carboxylic acid groups (broad SMARTS) is 1. The van der Waals surface area contributed by atoms with E-state index >= 15 is 0 Å². The lowest BCUT2D eigenvalue weighted by Crippen LogP contribution is -2.55. The fourth-order valence-corrected chi connectivity index (χ4v) is 6.99. The second kappa shape index (κ2) is 16.4. The minimum Gasteiger partial charge on any atom is -0.480 e. The summed E-state index contributed by atoms with van der Waals surface area (Å²) in [7, 11) is 6.81. The van der Waals surface area contributed by atoms with Crippen molar-refractivity contribution in [1.29, 1.82) is 0 Å². The summed E-state index contributed by atoms with van der Waals surface area (Å²) >= 11 is 0. The molecular weight excluding hydrogens is 574 g/mol. The number of nitrogens with zero attached hydrogens (tertiary/aromatic N) is 1. The number of carbonyl (C=O) groups is 4. The molecule has 0 radical (unpaired) electrons. The van der Waals surface area contributed by atoms with E-state index in [-0.39, 0.29) is 55.2 Å². The first-order valence-corrected chi connectivity index (χ1v) is 16.1. The van der Waals surface area contributed by atoms with Gasteiger partial charge in [0.05, 0.1) is 29.7 Å². The maximum absolute atomic E-state index is 14.5. The number of carboxylic acids is 1. The Kier molecular flexibility index (Phi) is 14.1. The van der Waals surface area contributed by atoms with Crippen molar-refractivity contribution in [3.8, 4) is 0 Å². The number of hydrogen-bond acceptors (Lipinski definition) is 9. The quantitative estimate of drug-likeness (QED) is 0.194. The molecule has 1 aromatic carbocycles. The molecule has 10 heteroatoms. The van der Waals surface area contributed by atoms with Gasteiger partial charge < -0.3 is 25.6 Å². The normalized spacial score (nSPS) is 22.3. The Morgan fingerprint density at radius 3 is 2.29 bits per heavy atom. The zero-order chi connectivity index (χ0) is 34.3. The Labute approximate surface area is 269 Å². The number of carbonyl (C=O) groups excluding carboxylic acids is 3. The molecule has 0 amide bonds. The molecule has 45 heavy (non-hydrogen) atoms. The molecule has 1 aromatic rings. The predicted molar refractivity (Wildman–Crippen MR) is 175 cm³/mol. The molecule has 254 valence electrons. The van der Waals surface area contributed by atoms with Crippen molar-refractivity contribution in [2.24, 2.45) is 29.4 Å². The SMILES string of the molecule is CC[C@H](C)C[C@@](C)(OC)[C@@H](C(=O)[C@@H]1CN[C@H](C(=O)[C@@](C)(COC)c2cccc(C[C@H](N)C(=O)O)c2)C1)C(=O)[C@H](C(C)C)N(C)C. The summed E-state index contributed by atoms with van der Waals surface area (Å²) in [5.74, 6) is -2.90. The summed E-state index contributed by atoms with van der Waals surface area (Å²) in [5, 5.41) is 12.6. The molecule has 4 N–H and O–H groups in total. The fourth-order valence-electron chi connectivity index (χ4n) is 6.99. The lowest BCUT2D eigenvalue weighted by molar-refractivity contribution is -0.153. The van der Waals surface area contributed by atoms with Gasteiger partial charge in [-0.15, -0.1) is 0 Å². The predicted octanol–water partition coefficient (Wildman–Crippen LogP) is 3.27. The van der Waals surface area contributed by atoms with Crippen LogP contribution in [-0.4, -0.2) is 98.5 Å². The van der Waals surface area contributed by atoms with Crippen molar-refractivity contribution in [2.75, 3.05) is 41.5 Å². The van der Waals surface area contributed by atoms with Gasteiger partial charge in [-0.2, -0.15) is 0 Å². The van der Waals surface area contributed by atoms with Crippen LogP contribution in [0.5, 0.6) is 0 Å². The molecule has 0 aromatic heterocycles. The van der Waals surface area contributed by atoms with Crippen molar-refractivity contribution in [3.05, 3.63) is 35.4 Å². The van der Waals surface area contributed by atoms with E-state index in [1.807, 2.05) is 45.8 Å². The van der Waals surface area contributed by atoms with E-state index < -0.39 is 46.9 Å². The zero-order valence-corrected chi connectivity index (χ0v) is 29.0. The Morgan fingerprint density at radius 1 is 1.13 bits per heavy atom. The molecule has 1 saturated heterocycles. The first-order valence-electron chi connectivity index (χ1n) is 16.1. The summed E-state index contributed by atoms with van der Waals surface area (Å²) in [6, 6.07) is 5.02. The minimum atomic E-state index is -1.10. The third-order valence-corrected chi connectivity index (χ3v) is 9.74. The zero-order valence-electron chi connectivity index (χ0n) is 29.0. The highest BCUT2D eigenvalue weighted by Crippen LogP contribution is 2.38. The Hall–Kier alpha value is -2.50. The molecule has 0 bridgehead atoms. The minimum absolute atomic E-state index is 0.0147. The van der Waals surface area contributed by atoms with Crippen LogP contribution in [0, 0.1) is 23.7 Å². The summed E-state index contributed by atoms with van der Waals surface area (Å²) < 4.78 is 11.6. The molecule has 10 nitrogen and oxygen atoms in total. The molecule has 1 heterocycles. The van der Waals surface area contributed by atoms with Crippen molar-refractivity contribution < 1.29 is 33.8 Å². The number of benzene rings is 1. The van der Waals surface area contributed by atoms with Crippen LogP contribution in [0.25, 0.3) is 0 Å². The molecule has 1 aliphatic heterocycles. The number of nitrogens with one attached hydrogen (secondary N) is 1. The average Bonchev–Trinajstić information content (AvgIpc) is 3.47. The van der Waals surface area contributed by atoms with Gasteiger partial charge in [0.2, 0.25) is 0 Å². The molecule has 0 unspecified atom stereocenters. The van der Waals surface area contributed by atoms with Crippen LogP contribution >= 0.6 is 0 Å². The van der Waals surface area contributed by atoms with Gasteiger partial charge in [-0.3, -0.25) is 24.1 Å². The van der Waals surface area contributed by atoms with Gasteiger partial charge in [-0.1, -0.05) is 58.4 Å². The maximum Gasteiger partial charge on any atom is 0.320 e. The van der Waals surface area contributed by atoms with Gasteiger partial charge in [0.15, 0.2) is 17.3 Å². The Morgan fingerprint density at radius 2 is 1.78 bits per heavy atom. The monoisotopic (exact) mass is 631 g/mol. The number of nitrogens with two attached hydrogens (primary N) is 1. The molecule has 0 aliphatic carbocycles. The van der Waals surface area contributed by atoms with E-state index in [4.69, 9.17) is 15.2 Å². The number of aliphatic carboxylic acids is 1. The van der Waals surface area contributed by atoms with Gasteiger partial charge in [0, 0.05) is 26.7 Å². The van der Waals surface area contributed by atoms with Gasteiger partial charge >= 0.3 is 5.97 Å². The number of likely N-dealkylation sites (N-methyl/N-ethyl adjacent to an activating group) is 1. The molecule has 2 rings (SSSR count). The molecule has 1 aliphatic rings. The van der Waals surface area contributed by atoms with Gasteiger partial charge in [0.25, 0.3) is 0 Å². The van der Waals surface area contributed by atoms with Crippen LogP contribution in [0.4, 0.5) is 0 Å². The van der Waals surface area contributed by atoms with Crippen molar-refractivity contribution >= 4 is 23.3 Å². The average molecular weight is 632 g/mol. The van der Waals surface area contributed by atoms with Crippen LogP contribution in [0.3, 0.4) is 0 Å². The third-order valence-electron chi connectivity index (χ3n) is 9.74. The molecular formula is C35H57N3O7. The third kappa shape index (κ3) is 9.07. The first-order chi connectivity index (χ1) is 21.0. The largest absolute Gasteiger partial charge is 0.480 e. The highest BCUT2D eigenvalue weighted by molar-refractivity contribution is 6.07. The molecule has 0 saturated carbocycles. The topological polar surface area (TPSA) is 148 Å². The van der Waals surface area contributed by atoms with E-state index in [1.165, 1.54) is 7.11 Å². The van der Waals surface area contributed by atoms with Gasteiger partial charge in [-0.25, -0.2) is 0 Å². The van der Waals surface area contributed by atoms with E-state index in [2.05, 4.69) is 19.2 Å². The second-order valence-electron chi connectivity index (χ2n) is 14.0. The summed E-state index contributed by atoms with van der Waals surface area (Å²) in [6.07, 6.45) is 1.81.